The van der Waals surface area contributed by atoms with Gasteiger partial charge >= 0.3 is 0 Å². The van der Waals surface area contributed by atoms with Crippen molar-refractivity contribution in [2.24, 2.45) is 0 Å². The van der Waals surface area contributed by atoms with Gasteiger partial charge in [0.2, 0.25) is 0 Å². The van der Waals surface area contributed by atoms with Crippen molar-refractivity contribution in [3.8, 4) is 0 Å². The van der Waals surface area contributed by atoms with Crippen molar-refractivity contribution in [3.63, 3.8) is 0 Å². The molecule has 2 aromatic rings. The van der Waals surface area contributed by atoms with Crippen LogP contribution in [0.15, 0.2) is 66.7 Å². The zero-order chi connectivity index (χ0) is 15.5. The Hall–Kier alpha value is -1.86. The van der Waals surface area contributed by atoms with Gasteiger partial charge in [0.25, 0.3) is 0 Å². The molecule has 21 heavy (non-hydrogen) atoms. The largest absolute Gasteiger partial charge is 0.303 e. The molecule has 1 heteroatoms. The minimum atomic E-state index is 0.436. The fourth-order valence-electron chi connectivity index (χ4n) is 2.15. The van der Waals surface area contributed by atoms with E-state index in [-0.39, 0.29) is 0 Å². The van der Waals surface area contributed by atoms with Gasteiger partial charge in [0.1, 0.15) is 0 Å². The molecule has 1 atom stereocenters. The van der Waals surface area contributed by atoms with Crippen LogP contribution in [0.5, 0.6) is 0 Å². The summed E-state index contributed by atoms with van der Waals surface area (Å²) in [7, 11) is 0. The SMILES string of the molecule is CC.Cc1ccccc1.Cc1ccccc1C1C=CCN1. The lowest BCUT2D eigenvalue weighted by molar-refractivity contribution is 0.709. The standard InChI is InChI=1S/C11H13N.C7H8.C2H6/c1-9-5-2-3-6-10(9)11-7-4-8-12-11;1-7-5-3-2-4-6-7;1-2/h2-7,11-12H,8H2,1H3;2-6H,1H3;1-2H3. The van der Waals surface area contributed by atoms with Crippen molar-refractivity contribution in [1.82, 2.24) is 5.32 Å². The molecular weight excluding hydrogens is 254 g/mol. The minimum absolute atomic E-state index is 0.436. The van der Waals surface area contributed by atoms with E-state index in [0.717, 1.165) is 6.54 Å². The van der Waals surface area contributed by atoms with E-state index in [1.165, 1.54) is 16.7 Å². The van der Waals surface area contributed by atoms with E-state index in [1.807, 2.05) is 32.0 Å². The second-order valence-corrected chi connectivity index (χ2v) is 4.83. The third-order valence-electron chi connectivity index (χ3n) is 3.25. The third kappa shape index (κ3) is 5.97. The molecule has 0 radical (unpaired) electrons. The Morgan fingerprint density at radius 1 is 0.857 bits per heavy atom. The van der Waals surface area contributed by atoms with Crippen molar-refractivity contribution < 1.29 is 0 Å². The predicted octanol–water partition coefficient (Wildman–Crippen LogP) is 5.22. The lowest BCUT2D eigenvalue weighted by atomic mass is 10.0. The van der Waals surface area contributed by atoms with E-state index in [1.54, 1.807) is 0 Å². The molecule has 0 bridgehead atoms. The molecule has 112 valence electrons. The van der Waals surface area contributed by atoms with Gasteiger partial charge in [-0.05, 0) is 25.0 Å². The second-order valence-electron chi connectivity index (χ2n) is 4.83. The highest BCUT2D eigenvalue weighted by molar-refractivity contribution is 5.32. The van der Waals surface area contributed by atoms with Crippen LogP contribution in [-0.2, 0) is 0 Å². The molecule has 3 rings (SSSR count). The van der Waals surface area contributed by atoms with Crippen LogP contribution in [0.2, 0.25) is 0 Å². The van der Waals surface area contributed by atoms with Gasteiger partial charge in [-0.1, -0.05) is 86.2 Å². The molecule has 1 unspecified atom stereocenters. The summed E-state index contributed by atoms with van der Waals surface area (Å²) in [4.78, 5) is 0. The number of nitrogens with one attached hydrogen (secondary N) is 1. The summed E-state index contributed by atoms with van der Waals surface area (Å²) in [5, 5.41) is 3.40. The van der Waals surface area contributed by atoms with E-state index in [9.17, 15) is 0 Å². The molecule has 1 aliphatic rings. The topological polar surface area (TPSA) is 12.0 Å². The summed E-state index contributed by atoms with van der Waals surface area (Å²) in [5.74, 6) is 0. The second kappa shape index (κ2) is 9.95. The molecule has 1 N–H and O–H groups in total. The van der Waals surface area contributed by atoms with Gasteiger partial charge in [-0.15, -0.1) is 0 Å². The van der Waals surface area contributed by atoms with Gasteiger partial charge in [-0.3, -0.25) is 0 Å². The van der Waals surface area contributed by atoms with E-state index in [2.05, 4.69) is 67.7 Å². The minimum Gasteiger partial charge on any atom is -0.303 e. The molecule has 0 saturated heterocycles. The van der Waals surface area contributed by atoms with Crippen molar-refractivity contribution >= 4 is 0 Å². The van der Waals surface area contributed by atoms with Crippen LogP contribution < -0.4 is 5.32 Å². The average Bonchev–Trinajstić information content (AvgIpc) is 3.05. The maximum absolute atomic E-state index is 3.40. The van der Waals surface area contributed by atoms with Crippen molar-refractivity contribution in [3.05, 3.63) is 83.4 Å². The predicted molar refractivity (Wildman–Crippen MR) is 93.6 cm³/mol. The number of hydrogen-bond donors (Lipinski definition) is 1. The molecule has 0 amide bonds. The highest BCUT2D eigenvalue weighted by Gasteiger charge is 2.11. The Morgan fingerprint density at radius 2 is 1.48 bits per heavy atom. The third-order valence-corrected chi connectivity index (χ3v) is 3.25. The van der Waals surface area contributed by atoms with Gasteiger partial charge in [-0.25, -0.2) is 0 Å². The highest BCUT2D eigenvalue weighted by atomic mass is 14.9. The number of hydrogen-bond acceptors (Lipinski definition) is 1. The molecule has 0 fully saturated rings. The zero-order valence-corrected chi connectivity index (χ0v) is 13.6. The quantitative estimate of drug-likeness (QED) is 0.707. The van der Waals surface area contributed by atoms with Crippen LogP contribution >= 0.6 is 0 Å². The maximum Gasteiger partial charge on any atom is 0.0511 e. The van der Waals surface area contributed by atoms with Crippen molar-refractivity contribution in [2.75, 3.05) is 6.54 Å². The van der Waals surface area contributed by atoms with Crippen molar-refractivity contribution in [2.45, 2.75) is 33.7 Å². The van der Waals surface area contributed by atoms with Crippen LogP contribution in [-0.4, -0.2) is 6.54 Å². The molecule has 1 nitrogen and oxygen atoms in total. The van der Waals surface area contributed by atoms with E-state index in [4.69, 9.17) is 0 Å². The summed E-state index contributed by atoms with van der Waals surface area (Å²) in [6.07, 6.45) is 4.40. The molecule has 0 aromatic heterocycles. The van der Waals surface area contributed by atoms with Gasteiger partial charge in [-0.2, -0.15) is 0 Å². The van der Waals surface area contributed by atoms with Crippen molar-refractivity contribution in [1.29, 1.82) is 0 Å². The highest BCUT2D eigenvalue weighted by Crippen LogP contribution is 2.20. The number of rotatable bonds is 1. The molecule has 0 aliphatic carbocycles. The Kier molecular flexibility index (Phi) is 8.15. The Balaban J connectivity index is 0.000000210. The first kappa shape index (κ1) is 17.2. The van der Waals surface area contributed by atoms with Gasteiger partial charge in [0, 0.05) is 6.54 Å². The first-order chi connectivity index (χ1) is 10.3. The van der Waals surface area contributed by atoms with Crippen LogP contribution in [0.3, 0.4) is 0 Å². The summed E-state index contributed by atoms with van der Waals surface area (Å²) in [6, 6.07) is 19.2. The van der Waals surface area contributed by atoms with Crippen LogP contribution in [0.25, 0.3) is 0 Å². The van der Waals surface area contributed by atoms with Gasteiger partial charge in [0.05, 0.1) is 6.04 Å². The maximum atomic E-state index is 3.40. The smallest absolute Gasteiger partial charge is 0.0511 e. The molecule has 0 saturated carbocycles. The summed E-state index contributed by atoms with van der Waals surface area (Å²) in [6.45, 7) is 9.24. The summed E-state index contributed by atoms with van der Waals surface area (Å²) in [5.41, 5.74) is 4.08. The molecular formula is C20H27N. The Labute approximate surface area is 129 Å². The fourth-order valence-corrected chi connectivity index (χ4v) is 2.15. The van der Waals surface area contributed by atoms with Crippen LogP contribution in [0.1, 0.15) is 36.6 Å². The Morgan fingerprint density at radius 3 is 1.95 bits per heavy atom. The molecule has 0 spiro atoms. The van der Waals surface area contributed by atoms with Gasteiger partial charge < -0.3 is 5.32 Å². The molecule has 1 heterocycles. The Bertz CT molecular complexity index is 529. The van der Waals surface area contributed by atoms with E-state index < -0.39 is 0 Å². The van der Waals surface area contributed by atoms with E-state index >= 15 is 0 Å². The van der Waals surface area contributed by atoms with Crippen LogP contribution in [0, 0.1) is 13.8 Å². The number of aryl methyl sites for hydroxylation is 2. The average molecular weight is 281 g/mol. The molecule has 2 aromatic carbocycles. The summed E-state index contributed by atoms with van der Waals surface area (Å²) < 4.78 is 0. The lowest BCUT2D eigenvalue weighted by Gasteiger charge is -2.11. The zero-order valence-electron chi connectivity index (χ0n) is 13.6. The van der Waals surface area contributed by atoms with E-state index in [0.29, 0.717) is 6.04 Å². The monoisotopic (exact) mass is 281 g/mol. The molecule has 1 aliphatic heterocycles. The van der Waals surface area contributed by atoms with Gasteiger partial charge in [0.15, 0.2) is 0 Å². The lowest BCUT2D eigenvalue weighted by Crippen LogP contribution is -2.14. The first-order valence-electron chi connectivity index (χ1n) is 7.74. The summed E-state index contributed by atoms with van der Waals surface area (Å²) >= 11 is 0. The normalized spacial score (nSPS) is 15.5. The number of benzene rings is 2. The fraction of sp³-hybridized carbons (Fsp3) is 0.300. The van der Waals surface area contributed by atoms with Crippen LogP contribution in [0.4, 0.5) is 0 Å². The first-order valence-corrected chi connectivity index (χ1v) is 7.74.